The van der Waals surface area contributed by atoms with Gasteiger partial charge in [0.15, 0.2) is 8.32 Å². The number of halogens is 3. The SMILES string of the molecule is CC(C)(C)[Si](C)(C)OC1c2ccccc2-c2nc3cc(C(F)(F)F)ccc3cc21. The van der Waals surface area contributed by atoms with Crippen molar-refractivity contribution in [2.45, 2.75) is 51.2 Å². The summed E-state index contributed by atoms with van der Waals surface area (Å²) in [5.74, 6) is 0. The molecule has 6 heteroatoms. The highest BCUT2D eigenvalue weighted by molar-refractivity contribution is 6.74. The van der Waals surface area contributed by atoms with E-state index in [2.05, 4.69) is 38.8 Å². The second-order valence-corrected chi connectivity index (χ2v) is 13.9. The Kier molecular flexibility index (Phi) is 4.44. The van der Waals surface area contributed by atoms with Gasteiger partial charge in [-0.3, -0.25) is 0 Å². The molecule has 1 aliphatic rings. The standard InChI is InChI=1S/C23H24F3NOSi/c1-22(2,3)29(4,5)28-21-17-9-7-6-8-16(17)20-18(21)12-14-10-11-15(23(24,25)26)13-19(14)27-20/h6-13,21H,1-5H3. The molecule has 0 radical (unpaired) electrons. The summed E-state index contributed by atoms with van der Waals surface area (Å²) >= 11 is 0. The number of alkyl halides is 3. The first-order valence-electron chi connectivity index (χ1n) is 9.67. The van der Waals surface area contributed by atoms with E-state index >= 15 is 0 Å². The summed E-state index contributed by atoms with van der Waals surface area (Å²) in [6.07, 6.45) is -4.64. The topological polar surface area (TPSA) is 22.1 Å². The molecule has 1 aromatic heterocycles. The zero-order chi connectivity index (χ0) is 21.2. The number of nitrogens with zero attached hydrogens (tertiary/aromatic N) is 1. The average Bonchev–Trinajstić information content (AvgIpc) is 2.91. The molecule has 29 heavy (non-hydrogen) atoms. The van der Waals surface area contributed by atoms with Gasteiger partial charge < -0.3 is 4.43 Å². The van der Waals surface area contributed by atoms with E-state index < -0.39 is 20.1 Å². The van der Waals surface area contributed by atoms with E-state index in [0.717, 1.165) is 34.5 Å². The van der Waals surface area contributed by atoms with Crippen molar-refractivity contribution in [1.82, 2.24) is 4.98 Å². The van der Waals surface area contributed by atoms with E-state index in [4.69, 9.17) is 4.43 Å². The van der Waals surface area contributed by atoms with Crippen molar-refractivity contribution in [2.75, 3.05) is 0 Å². The molecule has 2 aromatic carbocycles. The first-order chi connectivity index (χ1) is 13.4. The lowest BCUT2D eigenvalue weighted by Gasteiger charge is -2.38. The van der Waals surface area contributed by atoms with Crippen LogP contribution in [0, 0.1) is 0 Å². The van der Waals surface area contributed by atoms with Crippen molar-refractivity contribution in [3.63, 3.8) is 0 Å². The molecule has 0 fully saturated rings. The molecular formula is C23H24F3NOSi. The van der Waals surface area contributed by atoms with Gasteiger partial charge >= 0.3 is 6.18 Å². The molecule has 0 bridgehead atoms. The van der Waals surface area contributed by atoms with Crippen LogP contribution in [-0.2, 0) is 10.6 Å². The lowest BCUT2D eigenvalue weighted by atomic mass is 10.1. The molecule has 2 nitrogen and oxygen atoms in total. The Morgan fingerprint density at radius 1 is 0.931 bits per heavy atom. The van der Waals surface area contributed by atoms with Crippen LogP contribution in [0.4, 0.5) is 13.2 Å². The van der Waals surface area contributed by atoms with E-state index in [1.807, 2.05) is 30.3 Å². The van der Waals surface area contributed by atoms with Gasteiger partial charge in [-0.25, -0.2) is 4.98 Å². The van der Waals surface area contributed by atoms with Crippen molar-refractivity contribution >= 4 is 19.2 Å². The molecule has 1 aliphatic carbocycles. The molecule has 0 saturated carbocycles. The van der Waals surface area contributed by atoms with E-state index in [-0.39, 0.29) is 11.1 Å². The predicted octanol–water partition coefficient (Wildman–Crippen LogP) is 7.35. The summed E-state index contributed by atoms with van der Waals surface area (Å²) in [6.45, 7) is 11.0. The Hall–Kier alpha value is -2.18. The zero-order valence-electron chi connectivity index (χ0n) is 17.2. The molecule has 1 atom stereocenters. The van der Waals surface area contributed by atoms with Crippen LogP contribution in [0.3, 0.4) is 0 Å². The number of aromatic nitrogens is 1. The smallest absolute Gasteiger partial charge is 0.406 e. The zero-order valence-corrected chi connectivity index (χ0v) is 18.2. The fourth-order valence-corrected chi connectivity index (χ4v) is 4.68. The van der Waals surface area contributed by atoms with E-state index in [0.29, 0.717) is 10.9 Å². The number of rotatable bonds is 2. The molecule has 1 heterocycles. The van der Waals surface area contributed by atoms with Crippen molar-refractivity contribution in [3.05, 3.63) is 65.2 Å². The van der Waals surface area contributed by atoms with Gasteiger partial charge in [-0.05, 0) is 41.9 Å². The van der Waals surface area contributed by atoms with Crippen LogP contribution in [0.5, 0.6) is 0 Å². The third-order valence-electron chi connectivity index (χ3n) is 6.17. The van der Waals surface area contributed by atoms with Gasteiger partial charge in [-0.1, -0.05) is 51.1 Å². The Bertz CT molecular complexity index is 1100. The average molecular weight is 416 g/mol. The largest absolute Gasteiger partial charge is 0.416 e. The molecule has 0 saturated heterocycles. The van der Waals surface area contributed by atoms with Crippen LogP contribution in [-0.4, -0.2) is 13.3 Å². The fraction of sp³-hybridized carbons (Fsp3) is 0.348. The van der Waals surface area contributed by atoms with E-state index in [1.54, 1.807) is 0 Å². The van der Waals surface area contributed by atoms with Crippen molar-refractivity contribution in [2.24, 2.45) is 0 Å². The highest BCUT2D eigenvalue weighted by Crippen LogP contribution is 2.49. The number of pyridine rings is 1. The summed E-state index contributed by atoms with van der Waals surface area (Å²) in [5, 5.41) is 0.727. The van der Waals surface area contributed by atoms with Crippen LogP contribution in [0.25, 0.3) is 22.2 Å². The van der Waals surface area contributed by atoms with Gasteiger partial charge in [0.1, 0.15) is 0 Å². The van der Waals surface area contributed by atoms with Gasteiger partial charge in [-0.15, -0.1) is 0 Å². The summed E-state index contributed by atoms with van der Waals surface area (Å²) < 4.78 is 46.2. The predicted molar refractivity (Wildman–Crippen MR) is 112 cm³/mol. The van der Waals surface area contributed by atoms with Crippen LogP contribution in [0.2, 0.25) is 18.1 Å². The molecule has 0 spiro atoms. The molecule has 0 N–H and O–H groups in total. The lowest BCUT2D eigenvalue weighted by Crippen LogP contribution is -2.41. The molecular weight excluding hydrogens is 391 g/mol. The Balaban J connectivity index is 1.89. The quantitative estimate of drug-likeness (QED) is 0.408. The van der Waals surface area contributed by atoms with Crippen molar-refractivity contribution < 1.29 is 17.6 Å². The van der Waals surface area contributed by atoms with Gasteiger partial charge in [-0.2, -0.15) is 13.2 Å². The fourth-order valence-electron chi connectivity index (χ4n) is 3.48. The lowest BCUT2D eigenvalue weighted by molar-refractivity contribution is -0.137. The summed E-state index contributed by atoms with van der Waals surface area (Å²) in [6, 6.07) is 13.6. The molecule has 152 valence electrons. The Morgan fingerprint density at radius 3 is 2.28 bits per heavy atom. The molecule has 0 aliphatic heterocycles. The highest BCUT2D eigenvalue weighted by Gasteiger charge is 2.42. The molecule has 1 unspecified atom stereocenters. The maximum absolute atomic E-state index is 13.1. The maximum Gasteiger partial charge on any atom is 0.416 e. The maximum atomic E-state index is 13.1. The first-order valence-corrected chi connectivity index (χ1v) is 12.6. The summed E-state index contributed by atoms with van der Waals surface area (Å²) in [7, 11) is -2.08. The van der Waals surface area contributed by atoms with Crippen LogP contribution in [0.15, 0.2) is 48.5 Å². The number of hydrogen-bond acceptors (Lipinski definition) is 2. The molecule has 0 amide bonds. The highest BCUT2D eigenvalue weighted by atomic mass is 28.4. The second-order valence-electron chi connectivity index (χ2n) is 9.18. The minimum Gasteiger partial charge on any atom is -0.406 e. The minimum atomic E-state index is -4.39. The molecule has 3 aromatic rings. The van der Waals surface area contributed by atoms with Gasteiger partial charge in [0.05, 0.1) is 22.9 Å². The van der Waals surface area contributed by atoms with Crippen molar-refractivity contribution in [1.29, 1.82) is 0 Å². The second kappa shape index (κ2) is 6.41. The third-order valence-corrected chi connectivity index (χ3v) is 10.6. The minimum absolute atomic E-state index is 0.0383. The molecule has 4 rings (SSSR count). The van der Waals surface area contributed by atoms with Crippen molar-refractivity contribution in [3.8, 4) is 11.3 Å². The summed E-state index contributed by atoms with van der Waals surface area (Å²) in [4.78, 5) is 4.65. The van der Waals surface area contributed by atoms with Gasteiger partial charge in [0.25, 0.3) is 0 Å². The van der Waals surface area contributed by atoms with Gasteiger partial charge in [0, 0.05) is 16.5 Å². The van der Waals surface area contributed by atoms with Crippen LogP contribution >= 0.6 is 0 Å². The van der Waals surface area contributed by atoms with Crippen LogP contribution < -0.4 is 0 Å². The van der Waals surface area contributed by atoms with E-state index in [9.17, 15) is 13.2 Å². The first kappa shape index (κ1) is 20.1. The normalized spacial score (nSPS) is 16.8. The number of benzene rings is 2. The summed E-state index contributed by atoms with van der Waals surface area (Å²) in [5.41, 5.74) is 3.29. The third kappa shape index (κ3) is 3.38. The van der Waals surface area contributed by atoms with Gasteiger partial charge in [0.2, 0.25) is 0 Å². The number of fused-ring (bicyclic) bond motifs is 4. The monoisotopic (exact) mass is 415 g/mol. The number of hydrogen-bond donors (Lipinski definition) is 0. The van der Waals surface area contributed by atoms with E-state index in [1.165, 1.54) is 6.07 Å². The van der Waals surface area contributed by atoms with Crippen LogP contribution in [0.1, 0.15) is 43.6 Å². The Morgan fingerprint density at radius 2 is 1.62 bits per heavy atom. The Labute approximate surface area is 169 Å².